The van der Waals surface area contributed by atoms with E-state index in [9.17, 15) is 9.59 Å². The third kappa shape index (κ3) is 5.39. The van der Waals surface area contributed by atoms with Crippen molar-refractivity contribution in [2.45, 2.75) is 32.3 Å². The van der Waals surface area contributed by atoms with Crippen molar-refractivity contribution in [3.8, 4) is 0 Å². The van der Waals surface area contributed by atoms with Crippen molar-refractivity contribution >= 4 is 12.4 Å². The quantitative estimate of drug-likeness (QED) is 0.604. The summed E-state index contributed by atoms with van der Waals surface area (Å²) in [4.78, 5) is 20.2. The average Bonchev–Trinajstić information content (AvgIpc) is 1.97. The molecule has 2 N–H and O–H groups in total. The molecular weight excluding hydrogens is 146 g/mol. The van der Waals surface area contributed by atoms with E-state index in [2.05, 4.69) is 4.74 Å². The molecule has 64 valence electrons. The lowest BCUT2D eigenvalue weighted by molar-refractivity contribution is -0.108. The molecule has 0 radical (unpaired) electrons. The van der Waals surface area contributed by atoms with Crippen LogP contribution < -0.4 is 5.73 Å². The predicted octanol–water partition coefficient (Wildman–Crippen LogP) is 0.839. The van der Waals surface area contributed by atoms with Gasteiger partial charge in [-0.05, 0) is 12.8 Å². The van der Waals surface area contributed by atoms with Gasteiger partial charge in [0, 0.05) is 6.42 Å². The molecule has 0 aromatic rings. The van der Waals surface area contributed by atoms with E-state index in [4.69, 9.17) is 5.73 Å². The Morgan fingerprint density at radius 3 is 2.73 bits per heavy atom. The minimum Gasteiger partial charge on any atom is -0.446 e. The Morgan fingerprint density at radius 1 is 1.73 bits per heavy atom. The fourth-order valence-corrected chi connectivity index (χ4v) is 0.765. The predicted molar refractivity (Wildman–Crippen MR) is 40.0 cm³/mol. The van der Waals surface area contributed by atoms with Crippen LogP contribution in [0.15, 0.2) is 0 Å². The Kier molecular flexibility index (Phi) is 5.15. The molecule has 0 aliphatic carbocycles. The topological polar surface area (TPSA) is 69.4 Å². The van der Waals surface area contributed by atoms with Gasteiger partial charge in [0.1, 0.15) is 12.4 Å². The first-order valence-corrected chi connectivity index (χ1v) is 3.60. The van der Waals surface area contributed by atoms with Crippen molar-refractivity contribution in [3.63, 3.8) is 0 Å². The van der Waals surface area contributed by atoms with Gasteiger partial charge in [0.15, 0.2) is 0 Å². The van der Waals surface area contributed by atoms with E-state index in [1.165, 1.54) is 0 Å². The molecule has 0 heterocycles. The fraction of sp³-hybridized carbons (Fsp3) is 0.714. The van der Waals surface area contributed by atoms with Gasteiger partial charge >= 0.3 is 6.09 Å². The highest BCUT2D eigenvalue weighted by molar-refractivity contribution is 5.64. The van der Waals surface area contributed by atoms with Crippen LogP contribution in [-0.2, 0) is 9.53 Å². The largest absolute Gasteiger partial charge is 0.446 e. The fourth-order valence-electron chi connectivity index (χ4n) is 0.765. The molecular formula is C7H13NO3. The number of carbonyl (C=O) groups excluding carboxylic acids is 2. The minimum atomic E-state index is -0.775. The first-order valence-electron chi connectivity index (χ1n) is 3.60. The van der Waals surface area contributed by atoms with Gasteiger partial charge in [-0.2, -0.15) is 0 Å². The highest BCUT2D eigenvalue weighted by Crippen LogP contribution is 2.04. The maximum Gasteiger partial charge on any atom is 0.404 e. The van der Waals surface area contributed by atoms with E-state index in [0.29, 0.717) is 19.3 Å². The molecule has 0 saturated carbocycles. The maximum atomic E-state index is 10.2. The zero-order chi connectivity index (χ0) is 8.69. The van der Waals surface area contributed by atoms with Gasteiger partial charge in [-0.15, -0.1) is 0 Å². The monoisotopic (exact) mass is 159 g/mol. The first-order chi connectivity index (χ1) is 5.20. The lowest BCUT2D eigenvalue weighted by Gasteiger charge is -2.11. The Bertz CT molecular complexity index is 136. The molecule has 4 heteroatoms. The highest BCUT2D eigenvalue weighted by atomic mass is 16.6. The summed E-state index contributed by atoms with van der Waals surface area (Å²) in [6.07, 6.45) is 1.47. The Hall–Kier alpha value is -1.06. The molecule has 0 fully saturated rings. The summed E-state index contributed by atoms with van der Waals surface area (Å²) >= 11 is 0. The summed E-state index contributed by atoms with van der Waals surface area (Å²) in [5.41, 5.74) is 4.79. The van der Waals surface area contributed by atoms with Crippen LogP contribution in [0.2, 0.25) is 0 Å². The van der Waals surface area contributed by atoms with Crippen molar-refractivity contribution in [2.24, 2.45) is 5.73 Å². The number of rotatable bonds is 5. The zero-order valence-corrected chi connectivity index (χ0v) is 6.58. The van der Waals surface area contributed by atoms with Gasteiger partial charge in [-0.3, -0.25) is 0 Å². The second-order valence-electron chi connectivity index (χ2n) is 2.21. The van der Waals surface area contributed by atoms with Crippen LogP contribution >= 0.6 is 0 Å². The van der Waals surface area contributed by atoms with Crippen molar-refractivity contribution in [2.75, 3.05) is 0 Å². The molecule has 1 atom stereocenters. The molecule has 4 nitrogen and oxygen atoms in total. The Morgan fingerprint density at radius 2 is 2.36 bits per heavy atom. The van der Waals surface area contributed by atoms with Gasteiger partial charge in [0.2, 0.25) is 0 Å². The van der Waals surface area contributed by atoms with Crippen LogP contribution in [0.1, 0.15) is 26.2 Å². The summed E-state index contributed by atoms with van der Waals surface area (Å²) in [5, 5.41) is 0. The molecule has 11 heavy (non-hydrogen) atoms. The third-order valence-electron chi connectivity index (χ3n) is 1.34. The van der Waals surface area contributed by atoms with E-state index < -0.39 is 6.09 Å². The van der Waals surface area contributed by atoms with Gasteiger partial charge < -0.3 is 15.3 Å². The second-order valence-corrected chi connectivity index (χ2v) is 2.21. The van der Waals surface area contributed by atoms with Crippen LogP contribution in [-0.4, -0.2) is 18.5 Å². The van der Waals surface area contributed by atoms with Crippen molar-refractivity contribution < 1.29 is 14.3 Å². The lowest BCUT2D eigenvalue weighted by atomic mass is 10.1. The summed E-state index contributed by atoms with van der Waals surface area (Å²) in [6.45, 7) is 1.87. The van der Waals surface area contributed by atoms with Crippen LogP contribution in [0.25, 0.3) is 0 Å². The molecule has 0 spiro atoms. The van der Waals surface area contributed by atoms with E-state index >= 15 is 0 Å². The molecule has 0 bridgehead atoms. The van der Waals surface area contributed by atoms with Crippen LogP contribution in [0.5, 0.6) is 0 Å². The summed E-state index contributed by atoms with van der Waals surface area (Å²) in [6, 6.07) is 0. The van der Waals surface area contributed by atoms with Crippen molar-refractivity contribution in [3.05, 3.63) is 0 Å². The van der Waals surface area contributed by atoms with Gasteiger partial charge in [-0.1, -0.05) is 6.92 Å². The molecule has 0 aliphatic heterocycles. The SMILES string of the molecule is CCC(CCC=O)OC(N)=O. The number of hydrogen-bond donors (Lipinski definition) is 1. The third-order valence-corrected chi connectivity index (χ3v) is 1.34. The second kappa shape index (κ2) is 5.70. The molecule has 0 aromatic heterocycles. The summed E-state index contributed by atoms with van der Waals surface area (Å²) in [5.74, 6) is 0. The number of ether oxygens (including phenoxy) is 1. The molecule has 0 aromatic carbocycles. The van der Waals surface area contributed by atoms with Crippen molar-refractivity contribution in [1.29, 1.82) is 0 Å². The van der Waals surface area contributed by atoms with Crippen LogP contribution in [0, 0.1) is 0 Å². The molecule has 0 aliphatic rings. The number of primary amides is 1. The minimum absolute atomic E-state index is 0.210. The van der Waals surface area contributed by atoms with E-state index in [-0.39, 0.29) is 6.10 Å². The number of aldehydes is 1. The maximum absolute atomic E-state index is 10.2. The number of amides is 1. The number of hydrogen-bond acceptors (Lipinski definition) is 3. The first kappa shape index (κ1) is 9.94. The number of nitrogens with two attached hydrogens (primary N) is 1. The van der Waals surface area contributed by atoms with Gasteiger partial charge in [0.25, 0.3) is 0 Å². The smallest absolute Gasteiger partial charge is 0.404 e. The van der Waals surface area contributed by atoms with Gasteiger partial charge in [-0.25, -0.2) is 4.79 Å². The Labute approximate surface area is 65.7 Å². The number of carbonyl (C=O) groups is 2. The van der Waals surface area contributed by atoms with E-state index in [1.807, 2.05) is 6.92 Å². The van der Waals surface area contributed by atoms with Crippen LogP contribution in [0.4, 0.5) is 4.79 Å². The highest BCUT2D eigenvalue weighted by Gasteiger charge is 2.08. The van der Waals surface area contributed by atoms with Gasteiger partial charge in [0.05, 0.1) is 0 Å². The zero-order valence-electron chi connectivity index (χ0n) is 6.58. The summed E-state index contributed by atoms with van der Waals surface area (Å²) in [7, 11) is 0. The van der Waals surface area contributed by atoms with Crippen molar-refractivity contribution in [1.82, 2.24) is 0 Å². The standard InChI is InChI=1S/C7H13NO3/c1-2-6(4-3-5-9)11-7(8)10/h5-6H,2-4H2,1H3,(H2,8,10). The molecule has 0 rings (SSSR count). The molecule has 1 amide bonds. The summed E-state index contributed by atoms with van der Waals surface area (Å²) < 4.78 is 4.68. The van der Waals surface area contributed by atoms with Crippen LogP contribution in [0.3, 0.4) is 0 Å². The molecule has 0 saturated heterocycles. The van der Waals surface area contributed by atoms with E-state index in [0.717, 1.165) is 6.29 Å². The normalized spacial score (nSPS) is 12.1. The lowest BCUT2D eigenvalue weighted by Crippen LogP contribution is -2.22. The molecule has 1 unspecified atom stereocenters. The Balaban J connectivity index is 3.57. The van der Waals surface area contributed by atoms with E-state index in [1.54, 1.807) is 0 Å². The average molecular weight is 159 g/mol.